The van der Waals surface area contributed by atoms with Gasteiger partial charge in [0.1, 0.15) is 0 Å². The minimum absolute atomic E-state index is 0.176. The van der Waals surface area contributed by atoms with Gasteiger partial charge in [-0.1, -0.05) is 19.1 Å². The maximum atomic E-state index is 12.0. The number of nitrogens with two attached hydrogens (primary N) is 2. The molecule has 4 nitrogen and oxygen atoms in total. The standard InChI is InChI=1S/C14H21N3O/c1-10(8-16)9-17-13-3-2-11(4-5-15)6-12(13)7-14(17)18/h2-3,6,10H,4-5,7-9,15-16H2,1H3. The Morgan fingerprint density at radius 3 is 2.83 bits per heavy atom. The zero-order valence-electron chi connectivity index (χ0n) is 10.9. The Balaban J connectivity index is 2.21. The third-order valence-corrected chi connectivity index (χ3v) is 3.41. The topological polar surface area (TPSA) is 72.3 Å². The van der Waals surface area contributed by atoms with Gasteiger partial charge in [0.15, 0.2) is 0 Å². The van der Waals surface area contributed by atoms with E-state index in [9.17, 15) is 4.79 Å². The predicted octanol–water partition coefficient (Wildman–Crippen LogP) is 0.672. The van der Waals surface area contributed by atoms with E-state index in [1.807, 2.05) is 11.0 Å². The Morgan fingerprint density at radius 2 is 2.17 bits per heavy atom. The smallest absolute Gasteiger partial charge is 0.231 e. The summed E-state index contributed by atoms with van der Waals surface area (Å²) in [5, 5.41) is 0. The summed E-state index contributed by atoms with van der Waals surface area (Å²) in [6, 6.07) is 6.20. The first-order chi connectivity index (χ1) is 8.65. The number of carbonyl (C=O) groups is 1. The Hall–Kier alpha value is -1.39. The second kappa shape index (κ2) is 5.50. The fourth-order valence-electron chi connectivity index (χ4n) is 2.35. The second-order valence-corrected chi connectivity index (χ2v) is 5.02. The molecule has 1 aromatic rings. The maximum absolute atomic E-state index is 12.0. The number of carbonyl (C=O) groups excluding carboxylic acids is 1. The molecule has 1 aromatic carbocycles. The zero-order valence-corrected chi connectivity index (χ0v) is 10.9. The van der Waals surface area contributed by atoms with Crippen molar-refractivity contribution in [1.82, 2.24) is 0 Å². The van der Waals surface area contributed by atoms with Crippen LogP contribution in [0.15, 0.2) is 18.2 Å². The summed E-state index contributed by atoms with van der Waals surface area (Å²) in [5.41, 5.74) is 14.5. The Bertz CT molecular complexity index is 445. The van der Waals surface area contributed by atoms with E-state index in [0.29, 0.717) is 32.0 Å². The number of nitrogens with zero attached hydrogens (tertiary/aromatic N) is 1. The normalized spacial score (nSPS) is 15.9. The van der Waals surface area contributed by atoms with Crippen LogP contribution in [-0.2, 0) is 17.6 Å². The monoisotopic (exact) mass is 247 g/mol. The average molecular weight is 247 g/mol. The van der Waals surface area contributed by atoms with Crippen molar-refractivity contribution in [2.45, 2.75) is 19.8 Å². The van der Waals surface area contributed by atoms with Gasteiger partial charge in [-0.3, -0.25) is 4.79 Å². The second-order valence-electron chi connectivity index (χ2n) is 5.02. The molecule has 0 aliphatic carbocycles. The van der Waals surface area contributed by atoms with E-state index in [1.165, 1.54) is 5.56 Å². The maximum Gasteiger partial charge on any atom is 0.231 e. The van der Waals surface area contributed by atoms with Crippen molar-refractivity contribution in [1.29, 1.82) is 0 Å². The number of hydrogen-bond donors (Lipinski definition) is 2. The fraction of sp³-hybridized carbons (Fsp3) is 0.500. The van der Waals surface area contributed by atoms with Gasteiger partial charge in [-0.2, -0.15) is 0 Å². The molecule has 1 unspecified atom stereocenters. The van der Waals surface area contributed by atoms with Gasteiger partial charge in [0.05, 0.1) is 6.42 Å². The summed E-state index contributed by atoms with van der Waals surface area (Å²) in [6.45, 7) is 4.01. The SMILES string of the molecule is CC(CN)CN1C(=O)Cc2cc(CCN)ccc21. The van der Waals surface area contributed by atoms with Crippen LogP contribution >= 0.6 is 0 Å². The van der Waals surface area contributed by atoms with Gasteiger partial charge in [0, 0.05) is 12.2 Å². The van der Waals surface area contributed by atoms with Crippen LogP contribution in [0.25, 0.3) is 0 Å². The van der Waals surface area contributed by atoms with E-state index in [4.69, 9.17) is 11.5 Å². The molecule has 1 amide bonds. The van der Waals surface area contributed by atoms with E-state index >= 15 is 0 Å². The Kier molecular flexibility index (Phi) is 3.99. The molecular formula is C14H21N3O. The van der Waals surface area contributed by atoms with Crippen molar-refractivity contribution in [3.8, 4) is 0 Å². The lowest BCUT2D eigenvalue weighted by molar-refractivity contribution is -0.117. The summed E-state index contributed by atoms with van der Waals surface area (Å²) in [7, 11) is 0. The molecule has 98 valence electrons. The predicted molar refractivity (Wildman–Crippen MR) is 73.5 cm³/mol. The summed E-state index contributed by atoms with van der Waals surface area (Å²) in [5.74, 6) is 0.499. The fourth-order valence-corrected chi connectivity index (χ4v) is 2.35. The lowest BCUT2D eigenvalue weighted by Crippen LogP contribution is -2.33. The highest BCUT2D eigenvalue weighted by atomic mass is 16.2. The lowest BCUT2D eigenvalue weighted by atomic mass is 10.1. The highest BCUT2D eigenvalue weighted by Gasteiger charge is 2.27. The van der Waals surface area contributed by atoms with Gasteiger partial charge >= 0.3 is 0 Å². The average Bonchev–Trinajstić information content (AvgIpc) is 2.65. The third kappa shape index (κ3) is 2.54. The van der Waals surface area contributed by atoms with Crippen LogP contribution in [0.3, 0.4) is 0 Å². The zero-order chi connectivity index (χ0) is 13.1. The molecule has 0 radical (unpaired) electrons. The summed E-state index contributed by atoms with van der Waals surface area (Å²) in [4.78, 5) is 13.9. The minimum Gasteiger partial charge on any atom is -0.330 e. The van der Waals surface area contributed by atoms with Gasteiger partial charge in [0.2, 0.25) is 5.91 Å². The summed E-state index contributed by atoms with van der Waals surface area (Å²) >= 11 is 0. The third-order valence-electron chi connectivity index (χ3n) is 3.41. The van der Waals surface area contributed by atoms with Crippen LogP contribution in [-0.4, -0.2) is 25.5 Å². The molecule has 0 aromatic heterocycles. The molecule has 18 heavy (non-hydrogen) atoms. The van der Waals surface area contributed by atoms with Crippen LogP contribution in [0.1, 0.15) is 18.1 Å². The molecule has 0 bridgehead atoms. The van der Waals surface area contributed by atoms with Crippen molar-refractivity contribution >= 4 is 11.6 Å². The Morgan fingerprint density at radius 1 is 1.39 bits per heavy atom. The molecule has 4 heteroatoms. The van der Waals surface area contributed by atoms with Gasteiger partial charge in [-0.25, -0.2) is 0 Å². The number of hydrogen-bond acceptors (Lipinski definition) is 3. The number of benzene rings is 1. The minimum atomic E-state index is 0.176. The van der Waals surface area contributed by atoms with Crippen LogP contribution < -0.4 is 16.4 Å². The van der Waals surface area contributed by atoms with Crippen molar-refractivity contribution in [3.05, 3.63) is 29.3 Å². The van der Waals surface area contributed by atoms with Gasteiger partial charge in [-0.05, 0) is 42.6 Å². The molecule has 0 saturated carbocycles. The first-order valence-corrected chi connectivity index (χ1v) is 6.48. The molecule has 4 N–H and O–H groups in total. The van der Waals surface area contributed by atoms with Gasteiger partial charge in [-0.15, -0.1) is 0 Å². The molecular weight excluding hydrogens is 226 g/mol. The first-order valence-electron chi connectivity index (χ1n) is 6.48. The molecule has 0 spiro atoms. The molecule has 1 aliphatic rings. The van der Waals surface area contributed by atoms with Crippen molar-refractivity contribution in [2.75, 3.05) is 24.5 Å². The molecule has 2 rings (SSSR count). The molecule has 0 saturated heterocycles. The largest absolute Gasteiger partial charge is 0.330 e. The van der Waals surface area contributed by atoms with E-state index in [2.05, 4.69) is 19.1 Å². The van der Waals surface area contributed by atoms with Crippen LogP contribution in [0.5, 0.6) is 0 Å². The van der Waals surface area contributed by atoms with E-state index < -0.39 is 0 Å². The van der Waals surface area contributed by atoms with Crippen LogP contribution in [0.4, 0.5) is 5.69 Å². The number of amides is 1. The quantitative estimate of drug-likeness (QED) is 0.803. The Labute approximate surface area is 108 Å². The van der Waals surface area contributed by atoms with E-state index in [1.54, 1.807) is 0 Å². The first kappa shape index (κ1) is 13.1. The number of anilines is 1. The lowest BCUT2D eigenvalue weighted by Gasteiger charge is -2.21. The molecule has 1 heterocycles. The van der Waals surface area contributed by atoms with Crippen molar-refractivity contribution in [2.24, 2.45) is 17.4 Å². The number of fused-ring (bicyclic) bond motifs is 1. The summed E-state index contributed by atoms with van der Waals surface area (Å²) in [6.07, 6.45) is 1.37. The highest BCUT2D eigenvalue weighted by molar-refractivity contribution is 6.01. The summed E-state index contributed by atoms with van der Waals surface area (Å²) < 4.78 is 0. The van der Waals surface area contributed by atoms with Gasteiger partial charge < -0.3 is 16.4 Å². The van der Waals surface area contributed by atoms with E-state index in [-0.39, 0.29) is 5.91 Å². The molecule has 1 atom stereocenters. The van der Waals surface area contributed by atoms with Gasteiger partial charge in [0.25, 0.3) is 0 Å². The molecule has 0 fully saturated rings. The highest BCUT2D eigenvalue weighted by Crippen LogP contribution is 2.30. The number of rotatable bonds is 5. The molecule has 1 aliphatic heterocycles. The van der Waals surface area contributed by atoms with E-state index in [0.717, 1.165) is 17.7 Å². The van der Waals surface area contributed by atoms with Crippen molar-refractivity contribution < 1.29 is 4.79 Å². The van der Waals surface area contributed by atoms with Crippen LogP contribution in [0, 0.1) is 5.92 Å². The van der Waals surface area contributed by atoms with Crippen molar-refractivity contribution in [3.63, 3.8) is 0 Å². The van der Waals surface area contributed by atoms with Crippen LogP contribution in [0.2, 0.25) is 0 Å².